The number of benzene rings is 4. The molecule has 49 heavy (non-hydrogen) atoms. The second kappa shape index (κ2) is 17.0. The zero-order chi connectivity index (χ0) is 35.5. The molecule has 4 rings (SSSR count). The third kappa shape index (κ3) is 11.5. The van der Waals surface area contributed by atoms with E-state index in [1.165, 1.54) is 36.4 Å². The average molecular weight is 733 g/mol. The van der Waals surface area contributed by atoms with Gasteiger partial charge in [0.1, 0.15) is 0 Å². The van der Waals surface area contributed by atoms with Gasteiger partial charge < -0.3 is 9.47 Å². The van der Waals surface area contributed by atoms with Gasteiger partial charge in [0.25, 0.3) is 30.4 Å². The van der Waals surface area contributed by atoms with E-state index in [2.05, 4.69) is 0 Å². The minimum Gasteiger partial charge on any atom is -0.378 e. The second-order valence-electron chi connectivity index (χ2n) is 11.7. The van der Waals surface area contributed by atoms with Gasteiger partial charge in [-0.25, -0.2) is 0 Å². The van der Waals surface area contributed by atoms with Crippen molar-refractivity contribution in [1.82, 2.24) is 0 Å². The Balaban J connectivity index is 1.60. The van der Waals surface area contributed by atoms with Crippen molar-refractivity contribution in [1.29, 1.82) is 0 Å². The Kier molecular flexibility index (Phi) is 13.3. The summed E-state index contributed by atoms with van der Waals surface area (Å²) in [6.07, 6.45) is 0. The first-order valence-electron chi connectivity index (χ1n) is 15.3. The molecule has 0 spiro atoms. The molecule has 0 saturated heterocycles. The van der Waals surface area contributed by atoms with Crippen molar-refractivity contribution in [3.05, 3.63) is 125 Å². The lowest BCUT2D eigenvalue weighted by molar-refractivity contribution is -0.0505. The first-order valence-corrected chi connectivity index (χ1v) is 19.5. The van der Waals surface area contributed by atoms with Gasteiger partial charge in [-0.05, 0) is 62.7 Å². The summed E-state index contributed by atoms with van der Waals surface area (Å²) in [6.45, 7) is 3.14. The maximum Gasteiger partial charge on any atom is 0.296 e. The summed E-state index contributed by atoms with van der Waals surface area (Å²) in [5.74, 6) is 0. The van der Waals surface area contributed by atoms with Gasteiger partial charge in [-0.3, -0.25) is 12.5 Å². The predicted molar refractivity (Wildman–Crippen MR) is 182 cm³/mol. The fraction of sp³-hybridized carbons (Fsp3) is 0.314. The molecule has 0 aliphatic rings. The van der Waals surface area contributed by atoms with Crippen LogP contribution in [0, 0.1) is 26.2 Å². The van der Waals surface area contributed by atoms with Gasteiger partial charge in [-0.15, -0.1) is 0 Å². The van der Waals surface area contributed by atoms with Crippen molar-refractivity contribution in [3.63, 3.8) is 0 Å². The van der Waals surface area contributed by atoms with Gasteiger partial charge in [0, 0.05) is 0 Å². The predicted octanol–water partition coefficient (Wildman–Crippen LogP) is 5.35. The first-order chi connectivity index (χ1) is 23.2. The summed E-state index contributed by atoms with van der Waals surface area (Å²) in [7, 11) is -13.2. The van der Waals surface area contributed by atoms with E-state index < -0.39 is 62.2 Å². The molecule has 0 aromatic heterocycles. The second-order valence-corrected chi connectivity index (χ2v) is 16.5. The maximum absolute atomic E-state index is 13.2. The van der Waals surface area contributed by atoms with Crippen LogP contribution < -0.4 is 0 Å². The molecular formula is C35H40O11S3. The minimum absolute atomic E-state index is 0.00524. The van der Waals surface area contributed by atoms with E-state index in [0.717, 1.165) is 22.3 Å². The Morgan fingerprint density at radius 1 is 0.449 bits per heavy atom. The maximum atomic E-state index is 13.2. The number of aryl methyl sites for hydroxylation is 3. The lowest BCUT2D eigenvalue weighted by Gasteiger charge is -2.32. The molecule has 11 nitrogen and oxygen atoms in total. The van der Waals surface area contributed by atoms with E-state index in [-0.39, 0.29) is 27.9 Å². The largest absolute Gasteiger partial charge is 0.378 e. The molecule has 0 radical (unpaired) electrons. The SMILES string of the molecule is Cc1ccc(S(=O)(=O)OCC(COCCOCc2ccccc2)(COS(=O)(=O)c2ccc(C)cc2)COS(=O)(=O)c2ccc(C)cc2)cc1. The molecule has 0 amide bonds. The van der Waals surface area contributed by atoms with Crippen molar-refractivity contribution in [2.75, 3.05) is 39.6 Å². The molecule has 0 heterocycles. The highest BCUT2D eigenvalue weighted by atomic mass is 32.2. The molecule has 0 fully saturated rings. The van der Waals surface area contributed by atoms with Gasteiger partial charge in [-0.2, -0.15) is 25.3 Å². The zero-order valence-electron chi connectivity index (χ0n) is 27.5. The number of hydrogen-bond acceptors (Lipinski definition) is 11. The van der Waals surface area contributed by atoms with Crippen molar-refractivity contribution < 1.29 is 47.3 Å². The molecule has 0 N–H and O–H groups in total. The summed E-state index contributed by atoms with van der Waals surface area (Å²) in [5, 5.41) is 0. The van der Waals surface area contributed by atoms with Crippen LogP contribution in [-0.4, -0.2) is 64.9 Å². The Morgan fingerprint density at radius 3 is 1.16 bits per heavy atom. The van der Waals surface area contributed by atoms with E-state index in [1.54, 1.807) is 57.2 Å². The highest BCUT2D eigenvalue weighted by molar-refractivity contribution is 7.87. The van der Waals surface area contributed by atoms with E-state index in [4.69, 9.17) is 22.0 Å². The van der Waals surface area contributed by atoms with E-state index in [1.807, 2.05) is 30.3 Å². The summed E-state index contributed by atoms with van der Waals surface area (Å²) in [5.41, 5.74) is 1.63. The lowest BCUT2D eigenvalue weighted by atomic mass is 9.93. The van der Waals surface area contributed by atoms with Crippen LogP contribution in [0.2, 0.25) is 0 Å². The van der Waals surface area contributed by atoms with Gasteiger partial charge in [0.2, 0.25) is 0 Å². The van der Waals surface area contributed by atoms with E-state index >= 15 is 0 Å². The number of hydrogen-bond donors (Lipinski definition) is 0. The highest BCUT2D eigenvalue weighted by Gasteiger charge is 2.39. The normalized spacial score (nSPS) is 12.6. The fourth-order valence-electron chi connectivity index (χ4n) is 4.35. The van der Waals surface area contributed by atoms with Gasteiger partial charge >= 0.3 is 0 Å². The van der Waals surface area contributed by atoms with Crippen LogP contribution in [0.3, 0.4) is 0 Å². The van der Waals surface area contributed by atoms with E-state index in [0.29, 0.717) is 6.61 Å². The van der Waals surface area contributed by atoms with Crippen LogP contribution in [0.25, 0.3) is 0 Å². The smallest absolute Gasteiger partial charge is 0.296 e. The van der Waals surface area contributed by atoms with Crippen LogP contribution in [-0.2, 0) is 59.0 Å². The molecule has 0 unspecified atom stereocenters. The summed E-state index contributed by atoms with van der Waals surface area (Å²) < 4.78 is 107. The van der Waals surface area contributed by atoms with Gasteiger partial charge in [-0.1, -0.05) is 83.4 Å². The molecule has 4 aromatic rings. The highest BCUT2D eigenvalue weighted by Crippen LogP contribution is 2.28. The topological polar surface area (TPSA) is 149 Å². The quantitative estimate of drug-likeness (QED) is 0.0908. The average Bonchev–Trinajstić information content (AvgIpc) is 3.08. The molecule has 0 aliphatic heterocycles. The first kappa shape index (κ1) is 38.3. The molecule has 0 atom stereocenters. The monoisotopic (exact) mass is 732 g/mol. The van der Waals surface area contributed by atoms with Crippen LogP contribution >= 0.6 is 0 Å². The van der Waals surface area contributed by atoms with Crippen molar-refractivity contribution in [3.8, 4) is 0 Å². The zero-order valence-corrected chi connectivity index (χ0v) is 29.9. The van der Waals surface area contributed by atoms with E-state index in [9.17, 15) is 25.3 Å². The molecule has 0 aliphatic carbocycles. The molecule has 0 saturated carbocycles. The Morgan fingerprint density at radius 2 is 0.796 bits per heavy atom. The lowest BCUT2D eigenvalue weighted by Crippen LogP contribution is -2.43. The van der Waals surface area contributed by atoms with Crippen molar-refractivity contribution >= 4 is 30.4 Å². The summed E-state index contributed by atoms with van der Waals surface area (Å²) in [6, 6.07) is 27.2. The molecule has 0 bridgehead atoms. The summed E-state index contributed by atoms with van der Waals surface area (Å²) >= 11 is 0. The van der Waals surface area contributed by atoms with Crippen LogP contribution in [0.15, 0.2) is 118 Å². The standard InChI is InChI=1S/C35H40O11S3/c1-28-9-15-32(16-10-28)47(36,37)44-25-35(24-43-22-21-42-23-31-7-5-4-6-8-31,26-45-48(38,39)33-17-11-29(2)12-18-33)27-46-49(40,41)34-19-13-30(3)14-20-34/h4-20H,21-27H2,1-3H3. The van der Waals surface area contributed by atoms with Crippen molar-refractivity contribution in [2.45, 2.75) is 42.1 Å². The molecule has 264 valence electrons. The van der Waals surface area contributed by atoms with Crippen LogP contribution in [0.5, 0.6) is 0 Å². The molecule has 14 heteroatoms. The van der Waals surface area contributed by atoms with Crippen LogP contribution in [0.4, 0.5) is 0 Å². The third-order valence-electron chi connectivity index (χ3n) is 7.38. The molecule has 4 aromatic carbocycles. The molecular weight excluding hydrogens is 693 g/mol. The Hall–Kier alpha value is -3.47. The Labute approximate surface area is 289 Å². The van der Waals surface area contributed by atoms with Crippen molar-refractivity contribution in [2.24, 2.45) is 5.41 Å². The fourth-order valence-corrected chi connectivity index (χ4v) is 7.38. The van der Waals surface area contributed by atoms with Crippen LogP contribution in [0.1, 0.15) is 22.3 Å². The Bertz CT molecular complexity index is 1770. The number of ether oxygens (including phenoxy) is 2. The summed E-state index contributed by atoms with van der Waals surface area (Å²) in [4.78, 5) is -0.448. The van der Waals surface area contributed by atoms with Gasteiger partial charge in [0.05, 0.1) is 66.3 Å². The minimum atomic E-state index is -4.39. The number of rotatable bonds is 19. The third-order valence-corrected chi connectivity index (χ3v) is 11.2. The van der Waals surface area contributed by atoms with Gasteiger partial charge in [0.15, 0.2) is 0 Å².